The molecule has 0 bridgehead atoms. The summed E-state index contributed by atoms with van der Waals surface area (Å²) in [6.07, 6.45) is 1.96. The lowest BCUT2D eigenvalue weighted by Crippen LogP contribution is -2.59. The zero-order valence-electron chi connectivity index (χ0n) is 12.8. The first-order valence-corrected chi connectivity index (χ1v) is 8.05. The number of nitrogens with one attached hydrogen (secondary N) is 1. The van der Waals surface area contributed by atoms with E-state index in [-0.39, 0.29) is 23.8 Å². The summed E-state index contributed by atoms with van der Waals surface area (Å²) in [5.74, 6) is 0.200. The molecule has 0 aromatic heterocycles. The minimum Gasteiger partial charge on any atom is -0.319 e. The largest absolute Gasteiger partial charge is 0.319 e. The fourth-order valence-electron chi connectivity index (χ4n) is 3.93. The average Bonchev–Trinajstić information content (AvgIpc) is 3.01. The maximum atomic E-state index is 13.2. The first-order chi connectivity index (χ1) is 10.7. The Hall–Kier alpha value is -1.72. The maximum absolute atomic E-state index is 13.2. The van der Waals surface area contributed by atoms with Crippen LogP contribution in [0.1, 0.15) is 34.8 Å². The molecule has 116 valence electrons. The molecule has 2 atom stereocenters. The molecule has 0 aliphatic carbocycles. The number of likely N-dealkylation sites (N-methyl/N-ethyl adjacent to an activating group) is 1. The van der Waals surface area contributed by atoms with Crippen LogP contribution in [0.25, 0.3) is 0 Å². The van der Waals surface area contributed by atoms with E-state index in [1.54, 1.807) is 0 Å². The molecule has 5 heteroatoms. The SMILES string of the molecule is CN1CCCC1C(=O)C1c2ccccc2C(=O)N1C1CNC1. The van der Waals surface area contributed by atoms with E-state index in [2.05, 4.69) is 10.2 Å². The summed E-state index contributed by atoms with van der Waals surface area (Å²) in [6, 6.07) is 7.27. The van der Waals surface area contributed by atoms with Crippen molar-refractivity contribution in [3.8, 4) is 0 Å². The van der Waals surface area contributed by atoms with Gasteiger partial charge in [-0.15, -0.1) is 0 Å². The van der Waals surface area contributed by atoms with E-state index in [4.69, 9.17) is 0 Å². The Morgan fingerprint density at radius 1 is 1.27 bits per heavy atom. The molecule has 0 spiro atoms. The van der Waals surface area contributed by atoms with Gasteiger partial charge < -0.3 is 10.2 Å². The second-order valence-corrected chi connectivity index (χ2v) is 6.56. The van der Waals surface area contributed by atoms with Crippen LogP contribution in [0.4, 0.5) is 0 Å². The number of hydrogen-bond acceptors (Lipinski definition) is 4. The monoisotopic (exact) mass is 299 g/mol. The molecule has 2 saturated heterocycles. The third kappa shape index (κ3) is 1.92. The van der Waals surface area contributed by atoms with E-state index in [1.807, 2.05) is 36.2 Å². The predicted octanol–water partition coefficient (Wildman–Crippen LogP) is 0.819. The van der Waals surface area contributed by atoms with Crippen LogP contribution in [0.15, 0.2) is 24.3 Å². The van der Waals surface area contributed by atoms with Gasteiger partial charge in [0.25, 0.3) is 5.91 Å². The number of ketones is 1. The van der Waals surface area contributed by atoms with E-state index in [1.165, 1.54) is 0 Å². The summed E-state index contributed by atoms with van der Waals surface area (Å²) in [4.78, 5) is 29.9. The average molecular weight is 299 g/mol. The second-order valence-electron chi connectivity index (χ2n) is 6.56. The topological polar surface area (TPSA) is 52.7 Å². The predicted molar refractivity (Wildman–Crippen MR) is 82.7 cm³/mol. The number of hydrogen-bond donors (Lipinski definition) is 1. The lowest BCUT2D eigenvalue weighted by Gasteiger charge is -2.40. The fourth-order valence-corrected chi connectivity index (χ4v) is 3.93. The standard InChI is InChI=1S/C17H21N3O2/c1-19-8-4-7-14(19)16(21)15-12-5-2-3-6-13(12)17(22)20(15)11-9-18-10-11/h2-3,5-6,11,14-15,18H,4,7-10H2,1H3. The molecule has 1 N–H and O–H groups in total. The van der Waals surface area contributed by atoms with E-state index >= 15 is 0 Å². The number of carbonyl (C=O) groups excluding carboxylic acids is 2. The highest BCUT2D eigenvalue weighted by atomic mass is 16.2. The Labute approximate surface area is 130 Å². The van der Waals surface area contributed by atoms with Gasteiger partial charge in [0, 0.05) is 18.7 Å². The van der Waals surface area contributed by atoms with Crippen molar-refractivity contribution in [2.75, 3.05) is 26.7 Å². The summed E-state index contributed by atoms with van der Waals surface area (Å²) < 4.78 is 0. The number of rotatable bonds is 3. The smallest absolute Gasteiger partial charge is 0.255 e. The molecule has 1 amide bonds. The van der Waals surface area contributed by atoms with Crippen LogP contribution in [-0.2, 0) is 4.79 Å². The number of Topliss-reactive ketones (excluding diaryl/α,β-unsaturated/α-hetero) is 1. The van der Waals surface area contributed by atoms with Crippen molar-refractivity contribution in [1.29, 1.82) is 0 Å². The third-order valence-electron chi connectivity index (χ3n) is 5.27. The Bertz CT molecular complexity index is 626. The highest BCUT2D eigenvalue weighted by Crippen LogP contribution is 2.38. The van der Waals surface area contributed by atoms with Gasteiger partial charge >= 0.3 is 0 Å². The van der Waals surface area contributed by atoms with Crippen molar-refractivity contribution in [2.45, 2.75) is 31.0 Å². The number of nitrogens with zero attached hydrogens (tertiary/aromatic N) is 2. The number of amides is 1. The first-order valence-electron chi connectivity index (χ1n) is 8.05. The van der Waals surface area contributed by atoms with E-state index in [0.717, 1.165) is 38.0 Å². The van der Waals surface area contributed by atoms with Crippen molar-refractivity contribution in [3.05, 3.63) is 35.4 Å². The van der Waals surface area contributed by atoms with Crippen LogP contribution in [0.2, 0.25) is 0 Å². The molecular weight excluding hydrogens is 278 g/mol. The van der Waals surface area contributed by atoms with Gasteiger partial charge in [0.15, 0.2) is 5.78 Å². The maximum Gasteiger partial charge on any atom is 0.255 e. The van der Waals surface area contributed by atoms with Crippen LogP contribution in [-0.4, -0.2) is 60.3 Å². The summed E-state index contributed by atoms with van der Waals surface area (Å²) in [6.45, 7) is 2.53. The third-order valence-corrected chi connectivity index (χ3v) is 5.27. The minimum atomic E-state index is -0.402. The molecule has 3 aliphatic rings. The Morgan fingerprint density at radius 3 is 2.68 bits per heavy atom. The van der Waals surface area contributed by atoms with Crippen molar-refractivity contribution < 1.29 is 9.59 Å². The van der Waals surface area contributed by atoms with Crippen LogP contribution in [0.5, 0.6) is 0 Å². The number of benzene rings is 1. The van der Waals surface area contributed by atoms with Gasteiger partial charge in [-0.05, 0) is 38.1 Å². The lowest BCUT2D eigenvalue weighted by atomic mass is 9.95. The highest BCUT2D eigenvalue weighted by Gasteiger charge is 2.48. The number of likely N-dealkylation sites (tertiary alicyclic amines) is 1. The molecule has 1 aromatic rings. The zero-order chi connectivity index (χ0) is 15.3. The molecule has 3 aliphatic heterocycles. The first kappa shape index (κ1) is 13.9. The minimum absolute atomic E-state index is 0.0149. The number of fused-ring (bicyclic) bond motifs is 1. The summed E-state index contributed by atoms with van der Waals surface area (Å²) in [5.41, 5.74) is 1.60. The molecule has 3 heterocycles. The second kappa shape index (κ2) is 5.18. The van der Waals surface area contributed by atoms with Gasteiger partial charge in [0.05, 0.1) is 12.1 Å². The van der Waals surface area contributed by atoms with Crippen molar-refractivity contribution in [2.24, 2.45) is 0 Å². The van der Waals surface area contributed by atoms with E-state index < -0.39 is 6.04 Å². The van der Waals surface area contributed by atoms with Gasteiger partial charge in [-0.2, -0.15) is 0 Å². The summed E-state index contributed by atoms with van der Waals surface area (Å²) in [5, 5.41) is 3.21. The van der Waals surface area contributed by atoms with Crippen LogP contribution < -0.4 is 5.32 Å². The molecule has 2 unspecified atom stereocenters. The van der Waals surface area contributed by atoms with Crippen molar-refractivity contribution >= 4 is 11.7 Å². The molecule has 4 rings (SSSR count). The van der Waals surface area contributed by atoms with Crippen LogP contribution in [0.3, 0.4) is 0 Å². The quantitative estimate of drug-likeness (QED) is 0.898. The Kier molecular flexibility index (Phi) is 3.27. The van der Waals surface area contributed by atoms with Gasteiger partial charge in [-0.25, -0.2) is 0 Å². The Morgan fingerprint density at radius 2 is 2.05 bits per heavy atom. The van der Waals surface area contributed by atoms with Crippen LogP contribution in [0, 0.1) is 0 Å². The van der Waals surface area contributed by atoms with Gasteiger partial charge in [-0.1, -0.05) is 18.2 Å². The van der Waals surface area contributed by atoms with Crippen molar-refractivity contribution in [1.82, 2.24) is 15.1 Å². The number of carbonyl (C=O) groups is 2. The molecular formula is C17H21N3O2. The van der Waals surface area contributed by atoms with E-state index in [0.29, 0.717) is 5.56 Å². The van der Waals surface area contributed by atoms with Crippen molar-refractivity contribution in [3.63, 3.8) is 0 Å². The van der Waals surface area contributed by atoms with Gasteiger partial charge in [0.2, 0.25) is 0 Å². The Balaban J connectivity index is 1.73. The fraction of sp³-hybridized carbons (Fsp3) is 0.529. The zero-order valence-corrected chi connectivity index (χ0v) is 12.8. The molecule has 2 fully saturated rings. The summed E-state index contributed by atoms with van der Waals surface area (Å²) >= 11 is 0. The van der Waals surface area contributed by atoms with E-state index in [9.17, 15) is 9.59 Å². The molecule has 1 aromatic carbocycles. The normalized spacial score (nSPS) is 28.8. The van der Waals surface area contributed by atoms with Crippen LogP contribution >= 0.6 is 0 Å². The summed E-state index contributed by atoms with van der Waals surface area (Å²) in [7, 11) is 2.01. The molecule has 0 saturated carbocycles. The van der Waals surface area contributed by atoms with Gasteiger partial charge in [-0.3, -0.25) is 14.5 Å². The molecule has 5 nitrogen and oxygen atoms in total. The highest BCUT2D eigenvalue weighted by molar-refractivity contribution is 6.06. The van der Waals surface area contributed by atoms with Gasteiger partial charge in [0.1, 0.15) is 6.04 Å². The lowest BCUT2D eigenvalue weighted by molar-refractivity contribution is -0.128. The molecule has 22 heavy (non-hydrogen) atoms. The molecule has 0 radical (unpaired) electrons.